The Balaban J connectivity index is 3.20. The Morgan fingerprint density at radius 1 is 1.38 bits per heavy atom. The van der Waals surface area contributed by atoms with Gasteiger partial charge in [0.15, 0.2) is 6.07 Å². The predicted octanol–water partition coefficient (Wildman–Crippen LogP) is 0.909. The van der Waals surface area contributed by atoms with E-state index in [-0.39, 0.29) is 16.7 Å². The van der Waals surface area contributed by atoms with E-state index in [0.717, 1.165) is 0 Å². The maximum absolute atomic E-state index is 11.0. The average Bonchev–Trinajstić information content (AvgIpc) is 2.04. The fraction of sp³-hybridized carbons (Fsp3) is 0.143. The minimum absolute atomic E-state index is 0.0596. The fourth-order valence-electron chi connectivity index (χ4n) is 0.863. The van der Waals surface area contributed by atoms with Crippen LogP contribution in [0.15, 0.2) is 29.2 Å². The Kier molecular flexibility index (Phi) is 3.13. The van der Waals surface area contributed by atoms with Crippen molar-refractivity contribution in [2.75, 3.05) is 6.07 Å². The summed E-state index contributed by atoms with van der Waals surface area (Å²) in [6.07, 6.45) is 0. The lowest BCUT2D eigenvalue weighted by Crippen LogP contribution is -2.13. The van der Waals surface area contributed by atoms with Gasteiger partial charge >= 0.3 is 0 Å². The molecule has 0 saturated carbocycles. The smallest absolute Gasteiger partial charge is 0.241 e. The van der Waals surface area contributed by atoms with Crippen LogP contribution in [0, 0.1) is 0 Å². The van der Waals surface area contributed by atoms with Gasteiger partial charge in [0.05, 0.1) is 0 Å². The van der Waals surface area contributed by atoms with Crippen molar-refractivity contribution >= 4 is 21.6 Å². The molecule has 4 nitrogen and oxygen atoms in total. The molecule has 0 atom stereocenters. The summed E-state index contributed by atoms with van der Waals surface area (Å²) in [6.45, 7) is 0. The number of nitrogens with two attached hydrogens (primary N) is 1. The van der Waals surface area contributed by atoms with Crippen molar-refractivity contribution in [2.24, 2.45) is 5.14 Å². The first-order valence-electron chi connectivity index (χ1n) is 3.36. The molecular weight excluding hydrogens is 214 g/mol. The molecule has 1 aromatic carbocycles. The molecule has 0 heterocycles. The first-order chi connectivity index (χ1) is 6.05. The highest BCUT2D eigenvalue weighted by atomic mass is 35.5. The van der Waals surface area contributed by atoms with Crippen molar-refractivity contribution < 1.29 is 13.2 Å². The molecular formula is C7H8ClNO3S. The van der Waals surface area contributed by atoms with Gasteiger partial charge in [0.2, 0.25) is 10.0 Å². The summed E-state index contributed by atoms with van der Waals surface area (Å²) >= 11 is 5.30. The Bertz CT molecular complexity index is 390. The van der Waals surface area contributed by atoms with Gasteiger partial charge in [-0.05, 0) is 12.1 Å². The number of primary sulfonamides is 1. The molecule has 0 amide bonds. The largest absolute Gasteiger partial charge is 0.476 e. The van der Waals surface area contributed by atoms with E-state index in [4.69, 9.17) is 21.5 Å². The Hall–Kier alpha value is -0.780. The van der Waals surface area contributed by atoms with E-state index in [0.29, 0.717) is 0 Å². The zero-order valence-corrected chi connectivity index (χ0v) is 8.18. The van der Waals surface area contributed by atoms with E-state index < -0.39 is 10.0 Å². The SMILES string of the molecule is NS(=O)(=O)c1ccccc1OCCl. The zero-order chi connectivity index (χ0) is 9.90. The molecule has 0 fully saturated rings. The number of alkyl halides is 1. The summed E-state index contributed by atoms with van der Waals surface area (Å²) in [4.78, 5) is -0.0596. The average molecular weight is 222 g/mol. The summed E-state index contributed by atoms with van der Waals surface area (Å²) in [5, 5.41) is 4.94. The Morgan fingerprint density at radius 2 is 2.00 bits per heavy atom. The molecule has 13 heavy (non-hydrogen) atoms. The van der Waals surface area contributed by atoms with E-state index in [2.05, 4.69) is 0 Å². The fourth-order valence-corrected chi connectivity index (χ4v) is 1.66. The first kappa shape index (κ1) is 10.3. The van der Waals surface area contributed by atoms with Crippen molar-refractivity contribution in [2.45, 2.75) is 4.90 Å². The number of rotatable bonds is 3. The molecule has 72 valence electrons. The van der Waals surface area contributed by atoms with E-state index in [1.807, 2.05) is 0 Å². The summed E-state index contributed by atoms with van der Waals surface area (Å²) in [5.41, 5.74) is 0. The standard InChI is InChI=1S/C7H8ClNO3S/c8-5-12-6-3-1-2-4-7(6)13(9,10)11/h1-4H,5H2,(H2,9,10,11). The topological polar surface area (TPSA) is 69.4 Å². The van der Waals surface area contributed by atoms with Crippen molar-refractivity contribution in [3.8, 4) is 5.75 Å². The van der Waals surface area contributed by atoms with Crippen LogP contribution < -0.4 is 9.88 Å². The van der Waals surface area contributed by atoms with Crippen LogP contribution in [0.3, 0.4) is 0 Å². The minimum Gasteiger partial charge on any atom is -0.476 e. The van der Waals surface area contributed by atoms with Crippen LogP contribution in [0.2, 0.25) is 0 Å². The number of hydrogen-bond acceptors (Lipinski definition) is 3. The molecule has 2 N–H and O–H groups in total. The van der Waals surface area contributed by atoms with Gasteiger partial charge in [0.25, 0.3) is 0 Å². The second-order valence-corrected chi connectivity index (χ2v) is 3.99. The van der Waals surface area contributed by atoms with Gasteiger partial charge in [0.1, 0.15) is 10.6 Å². The van der Waals surface area contributed by atoms with Gasteiger partial charge < -0.3 is 4.74 Å². The lowest BCUT2D eigenvalue weighted by Gasteiger charge is -2.06. The molecule has 0 aromatic heterocycles. The van der Waals surface area contributed by atoms with Gasteiger partial charge in [-0.25, -0.2) is 13.6 Å². The van der Waals surface area contributed by atoms with Crippen LogP contribution in [0.5, 0.6) is 5.75 Å². The van der Waals surface area contributed by atoms with E-state index in [1.165, 1.54) is 12.1 Å². The van der Waals surface area contributed by atoms with Gasteiger partial charge in [-0.2, -0.15) is 0 Å². The summed E-state index contributed by atoms with van der Waals surface area (Å²) in [6, 6.07) is 5.92. The summed E-state index contributed by atoms with van der Waals surface area (Å²) in [7, 11) is -3.74. The van der Waals surface area contributed by atoms with Gasteiger partial charge in [-0.1, -0.05) is 23.7 Å². The highest BCUT2D eigenvalue weighted by Crippen LogP contribution is 2.21. The molecule has 0 aliphatic heterocycles. The zero-order valence-electron chi connectivity index (χ0n) is 6.60. The monoisotopic (exact) mass is 221 g/mol. The van der Waals surface area contributed by atoms with Gasteiger partial charge in [-0.15, -0.1) is 0 Å². The number of ether oxygens (including phenoxy) is 1. The molecule has 0 radical (unpaired) electrons. The van der Waals surface area contributed by atoms with Crippen LogP contribution in [-0.4, -0.2) is 14.5 Å². The molecule has 0 saturated heterocycles. The Morgan fingerprint density at radius 3 is 2.54 bits per heavy atom. The highest BCUT2D eigenvalue weighted by Gasteiger charge is 2.13. The third-order valence-electron chi connectivity index (χ3n) is 1.37. The van der Waals surface area contributed by atoms with Crippen LogP contribution in [0.1, 0.15) is 0 Å². The van der Waals surface area contributed by atoms with Crippen LogP contribution >= 0.6 is 11.6 Å². The quantitative estimate of drug-likeness (QED) is 0.772. The number of sulfonamides is 1. The number of para-hydroxylation sites is 1. The molecule has 0 bridgehead atoms. The van der Waals surface area contributed by atoms with Gasteiger partial charge in [0, 0.05) is 0 Å². The van der Waals surface area contributed by atoms with Crippen LogP contribution in [0.4, 0.5) is 0 Å². The molecule has 6 heteroatoms. The summed E-state index contributed by atoms with van der Waals surface area (Å²) < 4.78 is 26.8. The van der Waals surface area contributed by atoms with Crippen molar-refractivity contribution in [1.82, 2.24) is 0 Å². The van der Waals surface area contributed by atoms with Crippen molar-refractivity contribution in [3.63, 3.8) is 0 Å². The van der Waals surface area contributed by atoms with E-state index in [9.17, 15) is 8.42 Å². The summed E-state index contributed by atoms with van der Waals surface area (Å²) in [5.74, 6) is 0.167. The second kappa shape index (κ2) is 3.95. The third kappa shape index (κ3) is 2.58. The van der Waals surface area contributed by atoms with Gasteiger partial charge in [-0.3, -0.25) is 0 Å². The highest BCUT2D eigenvalue weighted by molar-refractivity contribution is 7.89. The molecule has 0 unspecified atom stereocenters. The minimum atomic E-state index is -3.74. The van der Waals surface area contributed by atoms with Crippen molar-refractivity contribution in [3.05, 3.63) is 24.3 Å². The number of benzene rings is 1. The maximum Gasteiger partial charge on any atom is 0.241 e. The van der Waals surface area contributed by atoms with E-state index >= 15 is 0 Å². The van der Waals surface area contributed by atoms with E-state index in [1.54, 1.807) is 12.1 Å². The number of hydrogen-bond donors (Lipinski definition) is 1. The molecule has 0 spiro atoms. The number of halogens is 1. The third-order valence-corrected chi connectivity index (χ3v) is 2.43. The Labute approximate surface area is 81.3 Å². The molecule has 0 aliphatic rings. The lowest BCUT2D eigenvalue weighted by molar-refractivity contribution is 0.377. The van der Waals surface area contributed by atoms with Crippen molar-refractivity contribution in [1.29, 1.82) is 0 Å². The molecule has 1 rings (SSSR count). The van der Waals surface area contributed by atoms with Crippen LogP contribution in [0.25, 0.3) is 0 Å². The molecule has 0 aliphatic carbocycles. The maximum atomic E-state index is 11.0. The first-order valence-corrected chi connectivity index (χ1v) is 5.44. The van der Waals surface area contributed by atoms with Crippen LogP contribution in [-0.2, 0) is 10.0 Å². The predicted molar refractivity (Wildman–Crippen MR) is 49.2 cm³/mol. The second-order valence-electron chi connectivity index (χ2n) is 2.25. The lowest BCUT2D eigenvalue weighted by atomic mass is 10.3. The normalized spacial score (nSPS) is 11.2. The molecule has 1 aromatic rings.